The van der Waals surface area contributed by atoms with Gasteiger partial charge in [0, 0.05) is 17.6 Å². The molecule has 0 aliphatic rings. The zero-order chi connectivity index (χ0) is 15.3. The van der Waals surface area contributed by atoms with Gasteiger partial charge in [-0.15, -0.1) is 0 Å². The lowest BCUT2D eigenvalue weighted by Gasteiger charge is -2.24. The van der Waals surface area contributed by atoms with Gasteiger partial charge in [0.15, 0.2) is 17.7 Å². The molecule has 1 rings (SSSR count). The number of hydrogen-bond donors (Lipinski definition) is 2. The zero-order valence-electron chi connectivity index (χ0n) is 12.7. The van der Waals surface area contributed by atoms with Gasteiger partial charge < -0.3 is 15.4 Å². The molecule has 0 fully saturated rings. The molecule has 0 spiro atoms. The van der Waals surface area contributed by atoms with E-state index in [4.69, 9.17) is 4.74 Å². The molecule has 2 N–H and O–H groups in total. The maximum atomic E-state index is 13.9. The Morgan fingerprint density at radius 1 is 1.40 bits per heavy atom. The normalized spacial score (nSPS) is 12.9. The summed E-state index contributed by atoms with van der Waals surface area (Å²) in [5.41, 5.74) is 0.334. The van der Waals surface area contributed by atoms with Gasteiger partial charge in [0.25, 0.3) is 5.91 Å². The number of rotatable bonds is 5. The first-order chi connectivity index (χ1) is 9.24. The highest BCUT2D eigenvalue weighted by Gasteiger charge is 2.22. The Kier molecular flexibility index (Phi) is 5.51. The van der Waals surface area contributed by atoms with Crippen LogP contribution < -0.4 is 15.4 Å². The van der Waals surface area contributed by atoms with Crippen molar-refractivity contribution >= 4 is 5.91 Å². The first-order valence-corrected chi connectivity index (χ1v) is 6.65. The number of para-hydroxylation sites is 1. The van der Waals surface area contributed by atoms with E-state index >= 15 is 0 Å². The number of hydrogen-bond acceptors (Lipinski definition) is 3. The molecule has 1 amide bonds. The van der Waals surface area contributed by atoms with Crippen LogP contribution in [0.15, 0.2) is 18.2 Å². The molecule has 4 nitrogen and oxygen atoms in total. The molecule has 0 heterocycles. The third kappa shape index (κ3) is 4.81. The average molecular weight is 282 g/mol. The van der Waals surface area contributed by atoms with E-state index in [1.54, 1.807) is 26.1 Å². The molecule has 1 aromatic carbocycles. The summed E-state index contributed by atoms with van der Waals surface area (Å²) >= 11 is 0. The van der Waals surface area contributed by atoms with Gasteiger partial charge >= 0.3 is 0 Å². The van der Waals surface area contributed by atoms with Crippen LogP contribution in [0.2, 0.25) is 0 Å². The topological polar surface area (TPSA) is 50.4 Å². The SMILES string of the molecule is CNCc1cccc(F)c1OC(C)C(=O)NC(C)(C)C. The number of benzene rings is 1. The lowest BCUT2D eigenvalue weighted by Crippen LogP contribution is -2.46. The minimum absolute atomic E-state index is 0.124. The number of amides is 1. The van der Waals surface area contributed by atoms with Crippen molar-refractivity contribution in [2.45, 2.75) is 45.9 Å². The summed E-state index contributed by atoms with van der Waals surface area (Å²) in [5, 5.41) is 5.75. The molecule has 0 radical (unpaired) electrons. The van der Waals surface area contributed by atoms with Gasteiger partial charge in [0.05, 0.1) is 0 Å². The molecule has 5 heteroatoms. The molecule has 0 bridgehead atoms. The molecular formula is C15H23FN2O2. The molecule has 20 heavy (non-hydrogen) atoms. The second kappa shape index (κ2) is 6.70. The van der Waals surface area contributed by atoms with Crippen molar-refractivity contribution in [1.29, 1.82) is 0 Å². The van der Waals surface area contributed by atoms with Crippen molar-refractivity contribution in [1.82, 2.24) is 10.6 Å². The van der Waals surface area contributed by atoms with Crippen molar-refractivity contribution in [3.63, 3.8) is 0 Å². The first kappa shape index (κ1) is 16.4. The predicted octanol–water partition coefficient (Wildman–Crippen LogP) is 2.23. The van der Waals surface area contributed by atoms with Crippen LogP contribution in [0.25, 0.3) is 0 Å². The van der Waals surface area contributed by atoms with Gasteiger partial charge in [0.2, 0.25) is 0 Å². The van der Waals surface area contributed by atoms with Crippen LogP contribution in [-0.4, -0.2) is 24.6 Å². The molecule has 1 aromatic rings. The molecule has 0 saturated carbocycles. The Morgan fingerprint density at radius 2 is 2.05 bits per heavy atom. The number of halogens is 1. The summed E-state index contributed by atoms with van der Waals surface area (Å²) < 4.78 is 19.4. The zero-order valence-corrected chi connectivity index (χ0v) is 12.7. The highest BCUT2D eigenvalue weighted by atomic mass is 19.1. The van der Waals surface area contributed by atoms with E-state index in [1.165, 1.54) is 6.07 Å². The van der Waals surface area contributed by atoms with Gasteiger partial charge in [-0.3, -0.25) is 4.79 Å². The Labute approximate surface area is 119 Å². The molecule has 1 unspecified atom stereocenters. The number of carbonyl (C=O) groups excluding carboxylic acids is 1. The van der Waals surface area contributed by atoms with Crippen LogP contribution in [0.3, 0.4) is 0 Å². The minimum atomic E-state index is -0.762. The molecule has 0 saturated heterocycles. The third-order valence-corrected chi connectivity index (χ3v) is 2.58. The first-order valence-electron chi connectivity index (χ1n) is 6.65. The van der Waals surface area contributed by atoms with E-state index in [9.17, 15) is 9.18 Å². The standard InChI is InChI=1S/C15H23FN2O2/c1-10(14(19)18-15(2,3)4)20-13-11(9-17-5)7-6-8-12(13)16/h6-8,10,17H,9H2,1-5H3,(H,18,19). The van der Waals surface area contributed by atoms with Crippen molar-refractivity contribution < 1.29 is 13.9 Å². The minimum Gasteiger partial charge on any atom is -0.477 e. The number of carbonyl (C=O) groups is 1. The Morgan fingerprint density at radius 3 is 2.60 bits per heavy atom. The van der Waals surface area contributed by atoms with E-state index in [1.807, 2.05) is 20.8 Å². The molecule has 0 aromatic heterocycles. The maximum absolute atomic E-state index is 13.9. The van der Waals surface area contributed by atoms with Crippen LogP contribution in [0.1, 0.15) is 33.3 Å². The van der Waals surface area contributed by atoms with Crippen LogP contribution in [-0.2, 0) is 11.3 Å². The van der Waals surface area contributed by atoms with E-state index in [0.29, 0.717) is 12.1 Å². The molecule has 1 atom stereocenters. The van der Waals surface area contributed by atoms with Crippen LogP contribution >= 0.6 is 0 Å². The Balaban J connectivity index is 2.84. The second-order valence-electron chi connectivity index (χ2n) is 5.76. The largest absolute Gasteiger partial charge is 0.477 e. The van der Waals surface area contributed by atoms with E-state index in [0.717, 1.165) is 0 Å². The summed E-state index contributed by atoms with van der Waals surface area (Å²) in [5.74, 6) is -0.609. The summed E-state index contributed by atoms with van der Waals surface area (Å²) in [6.45, 7) is 7.73. The number of ether oxygens (including phenoxy) is 1. The summed E-state index contributed by atoms with van der Waals surface area (Å²) in [4.78, 5) is 12.0. The van der Waals surface area contributed by atoms with E-state index in [-0.39, 0.29) is 17.2 Å². The fraction of sp³-hybridized carbons (Fsp3) is 0.533. The summed E-state index contributed by atoms with van der Waals surface area (Å²) in [6.07, 6.45) is -0.762. The van der Waals surface area contributed by atoms with Gasteiger partial charge in [-0.25, -0.2) is 4.39 Å². The van der Waals surface area contributed by atoms with Crippen molar-refractivity contribution in [2.24, 2.45) is 0 Å². The molecule has 0 aliphatic heterocycles. The van der Waals surface area contributed by atoms with Gasteiger partial charge in [0.1, 0.15) is 0 Å². The molecule has 0 aliphatic carbocycles. The van der Waals surface area contributed by atoms with E-state index in [2.05, 4.69) is 10.6 Å². The van der Waals surface area contributed by atoms with Crippen LogP contribution in [0.4, 0.5) is 4.39 Å². The molecule has 112 valence electrons. The van der Waals surface area contributed by atoms with Crippen LogP contribution in [0, 0.1) is 5.82 Å². The van der Waals surface area contributed by atoms with Gasteiger partial charge in [-0.1, -0.05) is 12.1 Å². The lowest BCUT2D eigenvalue weighted by atomic mass is 10.1. The lowest BCUT2D eigenvalue weighted by molar-refractivity contribution is -0.128. The summed E-state index contributed by atoms with van der Waals surface area (Å²) in [6, 6.07) is 4.71. The highest BCUT2D eigenvalue weighted by Crippen LogP contribution is 2.24. The average Bonchev–Trinajstić information content (AvgIpc) is 2.31. The quantitative estimate of drug-likeness (QED) is 0.870. The van der Waals surface area contributed by atoms with Crippen molar-refractivity contribution in [3.05, 3.63) is 29.6 Å². The fourth-order valence-electron chi connectivity index (χ4n) is 1.72. The van der Waals surface area contributed by atoms with Crippen molar-refractivity contribution in [2.75, 3.05) is 7.05 Å². The van der Waals surface area contributed by atoms with Crippen LogP contribution in [0.5, 0.6) is 5.75 Å². The summed E-state index contributed by atoms with van der Waals surface area (Å²) in [7, 11) is 1.77. The smallest absolute Gasteiger partial charge is 0.261 e. The fourth-order valence-corrected chi connectivity index (χ4v) is 1.72. The number of nitrogens with one attached hydrogen (secondary N) is 2. The second-order valence-corrected chi connectivity index (χ2v) is 5.76. The molecular weight excluding hydrogens is 259 g/mol. The third-order valence-electron chi connectivity index (χ3n) is 2.58. The Hall–Kier alpha value is -1.62. The Bertz CT molecular complexity index is 469. The maximum Gasteiger partial charge on any atom is 0.261 e. The van der Waals surface area contributed by atoms with Gasteiger partial charge in [-0.05, 0) is 40.8 Å². The van der Waals surface area contributed by atoms with E-state index < -0.39 is 11.9 Å². The van der Waals surface area contributed by atoms with Gasteiger partial charge in [-0.2, -0.15) is 0 Å². The van der Waals surface area contributed by atoms with Crippen molar-refractivity contribution in [3.8, 4) is 5.75 Å². The highest BCUT2D eigenvalue weighted by molar-refractivity contribution is 5.81. The predicted molar refractivity (Wildman–Crippen MR) is 77.1 cm³/mol. The monoisotopic (exact) mass is 282 g/mol.